The molecule has 1 aliphatic heterocycles. The van der Waals surface area contributed by atoms with Crippen LogP contribution in [0.15, 0.2) is 24.3 Å². The number of carbonyl (C=O) groups excluding carboxylic acids is 3. The number of rotatable bonds is 9. The van der Waals surface area contributed by atoms with Crippen molar-refractivity contribution >= 4 is 28.6 Å². The van der Waals surface area contributed by atoms with E-state index in [1.165, 1.54) is 0 Å². The maximum Gasteiger partial charge on any atom is 0.268 e. The van der Waals surface area contributed by atoms with E-state index >= 15 is 0 Å². The molecule has 33 heavy (non-hydrogen) atoms. The molecule has 9 heteroatoms. The molecular formula is C24H29N5O4. The third-order valence-electron chi connectivity index (χ3n) is 6.66. The van der Waals surface area contributed by atoms with Crippen molar-refractivity contribution < 1.29 is 19.1 Å². The topological polar surface area (TPSA) is 136 Å². The van der Waals surface area contributed by atoms with E-state index in [1.54, 1.807) is 13.2 Å². The summed E-state index contributed by atoms with van der Waals surface area (Å²) >= 11 is 0. The van der Waals surface area contributed by atoms with Gasteiger partial charge in [0.15, 0.2) is 0 Å². The molecule has 9 nitrogen and oxygen atoms in total. The SMILES string of the molecule is COc1cccc2[nH]c(C(=O)NC(CC3CCC3)C(=O)N[C@H](C#N)CC3CCNC3=O)cc12. The lowest BCUT2D eigenvalue weighted by molar-refractivity contribution is -0.125. The molecule has 2 fully saturated rings. The number of methoxy groups -OCH3 is 1. The van der Waals surface area contributed by atoms with Crippen LogP contribution in [-0.2, 0) is 9.59 Å². The first-order valence-electron chi connectivity index (χ1n) is 11.4. The van der Waals surface area contributed by atoms with Gasteiger partial charge in [0.1, 0.15) is 23.5 Å². The highest BCUT2D eigenvalue weighted by atomic mass is 16.5. The van der Waals surface area contributed by atoms with E-state index in [-0.39, 0.29) is 18.2 Å². The Kier molecular flexibility index (Phi) is 6.82. The second-order valence-electron chi connectivity index (χ2n) is 8.87. The van der Waals surface area contributed by atoms with Gasteiger partial charge in [0.2, 0.25) is 11.8 Å². The van der Waals surface area contributed by atoms with Crippen LogP contribution in [0.1, 0.15) is 49.0 Å². The van der Waals surface area contributed by atoms with Crippen LogP contribution in [-0.4, -0.2) is 48.4 Å². The van der Waals surface area contributed by atoms with Crippen molar-refractivity contribution in [1.29, 1.82) is 5.26 Å². The van der Waals surface area contributed by atoms with E-state index in [0.29, 0.717) is 36.7 Å². The highest BCUT2D eigenvalue weighted by Gasteiger charge is 2.32. The highest BCUT2D eigenvalue weighted by Crippen LogP contribution is 2.31. The van der Waals surface area contributed by atoms with Gasteiger partial charge >= 0.3 is 0 Å². The Hall–Kier alpha value is -3.54. The lowest BCUT2D eigenvalue weighted by atomic mass is 9.80. The zero-order chi connectivity index (χ0) is 23.4. The summed E-state index contributed by atoms with van der Waals surface area (Å²) in [6.45, 7) is 0.589. The average molecular weight is 452 g/mol. The zero-order valence-electron chi connectivity index (χ0n) is 18.6. The summed E-state index contributed by atoms with van der Waals surface area (Å²) in [5, 5.41) is 18.7. The van der Waals surface area contributed by atoms with E-state index in [4.69, 9.17) is 4.74 Å². The van der Waals surface area contributed by atoms with Crippen molar-refractivity contribution in [3.8, 4) is 11.8 Å². The molecule has 1 aromatic carbocycles. The van der Waals surface area contributed by atoms with Gasteiger partial charge in [-0.1, -0.05) is 25.3 Å². The van der Waals surface area contributed by atoms with Crippen LogP contribution >= 0.6 is 0 Å². The molecule has 1 saturated carbocycles. The molecule has 1 aliphatic carbocycles. The Balaban J connectivity index is 1.46. The molecule has 4 N–H and O–H groups in total. The number of nitrogens with one attached hydrogen (secondary N) is 4. The van der Waals surface area contributed by atoms with E-state index in [0.717, 1.165) is 30.2 Å². The first-order chi connectivity index (χ1) is 16.0. The highest BCUT2D eigenvalue weighted by molar-refractivity contribution is 6.01. The maximum absolute atomic E-state index is 13.1. The van der Waals surface area contributed by atoms with Crippen LogP contribution in [0.3, 0.4) is 0 Å². The molecular weight excluding hydrogens is 422 g/mol. The van der Waals surface area contributed by atoms with Gasteiger partial charge in [0.05, 0.1) is 13.2 Å². The second-order valence-corrected chi connectivity index (χ2v) is 8.87. The smallest absolute Gasteiger partial charge is 0.268 e. The molecule has 4 rings (SSSR count). The number of aromatic amines is 1. The minimum atomic E-state index is -0.788. The van der Waals surface area contributed by atoms with Gasteiger partial charge in [-0.25, -0.2) is 0 Å². The van der Waals surface area contributed by atoms with Crippen LogP contribution in [0.2, 0.25) is 0 Å². The normalized spacial score (nSPS) is 19.8. The van der Waals surface area contributed by atoms with Crippen LogP contribution in [0.25, 0.3) is 10.9 Å². The number of H-pyrrole nitrogens is 1. The third kappa shape index (κ3) is 5.11. The first kappa shape index (κ1) is 22.6. The quantitative estimate of drug-likeness (QED) is 0.462. The van der Waals surface area contributed by atoms with Crippen LogP contribution in [0.4, 0.5) is 0 Å². The molecule has 0 radical (unpaired) electrons. The molecule has 0 spiro atoms. The number of fused-ring (bicyclic) bond motifs is 1. The number of nitriles is 1. The largest absolute Gasteiger partial charge is 0.496 e. The second kappa shape index (κ2) is 9.94. The Bertz CT molecular complexity index is 1080. The van der Waals surface area contributed by atoms with Gasteiger partial charge < -0.3 is 25.7 Å². The fourth-order valence-electron chi connectivity index (χ4n) is 4.53. The standard InChI is InChI=1S/C24H29N5O4/c1-33-21-7-3-6-18-17(21)12-20(28-18)24(32)29-19(10-14-4-2-5-14)23(31)27-16(13-25)11-15-8-9-26-22(15)30/h3,6-7,12,14-16,19,28H,2,4-5,8-11H2,1H3,(H,26,30)(H,27,31)(H,29,32)/t15?,16-,19?/m0/s1. The van der Waals surface area contributed by atoms with Gasteiger partial charge in [-0.2, -0.15) is 5.26 Å². The number of hydrogen-bond acceptors (Lipinski definition) is 5. The van der Waals surface area contributed by atoms with Gasteiger partial charge in [-0.05, 0) is 43.4 Å². The fourth-order valence-corrected chi connectivity index (χ4v) is 4.53. The van der Waals surface area contributed by atoms with E-state index in [9.17, 15) is 19.6 Å². The lowest BCUT2D eigenvalue weighted by Gasteiger charge is -2.30. The first-order valence-corrected chi connectivity index (χ1v) is 11.4. The van der Waals surface area contributed by atoms with Gasteiger partial charge in [0, 0.05) is 23.4 Å². The molecule has 2 heterocycles. The Morgan fingerprint density at radius 3 is 2.70 bits per heavy atom. The van der Waals surface area contributed by atoms with Crippen molar-refractivity contribution in [1.82, 2.24) is 20.9 Å². The predicted octanol–water partition coefficient (Wildman–Crippen LogP) is 2.00. The summed E-state index contributed by atoms with van der Waals surface area (Å²) in [5.41, 5.74) is 1.10. The molecule has 2 aromatic rings. The minimum Gasteiger partial charge on any atom is -0.496 e. The summed E-state index contributed by atoms with van der Waals surface area (Å²) in [6.07, 6.45) is 4.59. The summed E-state index contributed by atoms with van der Waals surface area (Å²) in [6, 6.07) is 7.75. The lowest BCUT2D eigenvalue weighted by Crippen LogP contribution is -2.51. The monoisotopic (exact) mass is 451 g/mol. The van der Waals surface area contributed by atoms with Crippen LogP contribution in [0, 0.1) is 23.2 Å². The van der Waals surface area contributed by atoms with Crippen molar-refractivity contribution in [2.45, 2.75) is 50.6 Å². The van der Waals surface area contributed by atoms with Crippen LogP contribution in [0.5, 0.6) is 5.75 Å². The molecule has 0 bridgehead atoms. The van der Waals surface area contributed by atoms with E-state index in [2.05, 4.69) is 27.0 Å². The third-order valence-corrected chi connectivity index (χ3v) is 6.66. The predicted molar refractivity (Wildman–Crippen MR) is 121 cm³/mol. The number of nitrogens with zero attached hydrogens (tertiary/aromatic N) is 1. The molecule has 3 amide bonds. The van der Waals surface area contributed by atoms with Crippen LogP contribution < -0.4 is 20.7 Å². The number of hydrogen-bond donors (Lipinski definition) is 4. The zero-order valence-corrected chi connectivity index (χ0v) is 18.6. The fraction of sp³-hybridized carbons (Fsp3) is 0.500. The summed E-state index contributed by atoms with van der Waals surface area (Å²) < 4.78 is 5.36. The molecule has 174 valence electrons. The van der Waals surface area contributed by atoms with Crippen molar-refractivity contribution in [2.24, 2.45) is 11.8 Å². The summed E-state index contributed by atoms with van der Waals surface area (Å²) in [4.78, 5) is 41.0. The Morgan fingerprint density at radius 2 is 2.06 bits per heavy atom. The van der Waals surface area contributed by atoms with Gasteiger partial charge in [0.25, 0.3) is 5.91 Å². The Morgan fingerprint density at radius 1 is 1.24 bits per heavy atom. The molecule has 2 aliphatic rings. The van der Waals surface area contributed by atoms with Gasteiger partial charge in [-0.3, -0.25) is 14.4 Å². The number of ether oxygens (including phenoxy) is 1. The minimum absolute atomic E-state index is 0.0851. The van der Waals surface area contributed by atoms with E-state index in [1.807, 2.05) is 18.2 Å². The molecule has 1 saturated heterocycles. The molecule has 2 unspecified atom stereocenters. The molecule has 1 aromatic heterocycles. The number of amides is 3. The van der Waals surface area contributed by atoms with Crippen molar-refractivity contribution in [3.05, 3.63) is 30.0 Å². The molecule has 3 atom stereocenters. The maximum atomic E-state index is 13.1. The van der Waals surface area contributed by atoms with Crippen molar-refractivity contribution in [3.63, 3.8) is 0 Å². The number of benzene rings is 1. The van der Waals surface area contributed by atoms with Crippen molar-refractivity contribution in [2.75, 3.05) is 13.7 Å². The average Bonchev–Trinajstić information content (AvgIpc) is 3.40. The van der Waals surface area contributed by atoms with E-state index < -0.39 is 23.9 Å². The number of aromatic nitrogens is 1. The summed E-state index contributed by atoms with van der Waals surface area (Å²) in [5.74, 6) is -0.135. The van der Waals surface area contributed by atoms with Gasteiger partial charge in [-0.15, -0.1) is 0 Å². The summed E-state index contributed by atoms with van der Waals surface area (Å²) in [7, 11) is 1.57. The Labute approximate surface area is 192 Å². The number of carbonyl (C=O) groups is 3.